The Morgan fingerprint density at radius 2 is 1.75 bits per heavy atom. The van der Waals surface area contributed by atoms with Crippen molar-refractivity contribution >= 4 is 11.5 Å². The number of hydrogen-bond donors (Lipinski definition) is 1. The van der Waals surface area contributed by atoms with Crippen molar-refractivity contribution in [3.8, 4) is 5.75 Å². The summed E-state index contributed by atoms with van der Waals surface area (Å²) in [6, 6.07) is 12.7. The second-order valence-electron chi connectivity index (χ2n) is 5.24. The first-order chi connectivity index (χ1) is 9.63. The van der Waals surface area contributed by atoms with E-state index in [-0.39, 0.29) is 5.78 Å². The topological polar surface area (TPSA) is 52.3 Å². The third-order valence-corrected chi connectivity index (χ3v) is 3.49. The number of nitrogens with two attached hydrogens (primary N) is 1. The second-order valence-corrected chi connectivity index (χ2v) is 5.24. The van der Waals surface area contributed by atoms with Crippen molar-refractivity contribution < 1.29 is 9.53 Å². The van der Waals surface area contributed by atoms with Gasteiger partial charge < -0.3 is 10.5 Å². The van der Waals surface area contributed by atoms with Crippen LogP contribution in [0, 0.1) is 6.92 Å². The van der Waals surface area contributed by atoms with E-state index in [2.05, 4.69) is 0 Å². The van der Waals surface area contributed by atoms with E-state index in [0.717, 1.165) is 24.2 Å². The maximum absolute atomic E-state index is 12.4. The van der Waals surface area contributed by atoms with Crippen molar-refractivity contribution in [2.75, 3.05) is 5.73 Å². The quantitative estimate of drug-likeness (QED) is 0.682. The van der Waals surface area contributed by atoms with Gasteiger partial charge in [-0.3, -0.25) is 4.79 Å². The average molecular weight is 267 g/mol. The molecule has 3 nitrogen and oxygen atoms in total. The molecule has 0 bridgehead atoms. The molecule has 2 N–H and O–H groups in total. The minimum atomic E-state index is -0.0188. The van der Waals surface area contributed by atoms with Gasteiger partial charge in [0.15, 0.2) is 5.78 Å². The van der Waals surface area contributed by atoms with Crippen LogP contribution in [-0.2, 0) is 0 Å². The zero-order valence-electron chi connectivity index (χ0n) is 11.4. The van der Waals surface area contributed by atoms with Gasteiger partial charge in [-0.15, -0.1) is 0 Å². The number of aryl methyl sites for hydroxylation is 1. The summed E-state index contributed by atoms with van der Waals surface area (Å²) in [5, 5.41) is 0. The summed E-state index contributed by atoms with van der Waals surface area (Å²) in [7, 11) is 0. The molecule has 3 rings (SSSR count). The van der Waals surface area contributed by atoms with E-state index >= 15 is 0 Å². The van der Waals surface area contributed by atoms with Crippen LogP contribution in [0.4, 0.5) is 5.69 Å². The van der Waals surface area contributed by atoms with Crippen LogP contribution in [-0.4, -0.2) is 11.9 Å². The molecular formula is C17H17NO2. The summed E-state index contributed by atoms with van der Waals surface area (Å²) >= 11 is 0. The molecule has 0 saturated heterocycles. The number of carbonyl (C=O) groups excluding carboxylic acids is 1. The van der Waals surface area contributed by atoms with E-state index < -0.39 is 0 Å². The minimum absolute atomic E-state index is 0.0188. The molecule has 2 aromatic rings. The van der Waals surface area contributed by atoms with Crippen molar-refractivity contribution in [1.29, 1.82) is 0 Å². The molecule has 0 unspecified atom stereocenters. The van der Waals surface area contributed by atoms with Crippen LogP contribution in [0.25, 0.3) is 0 Å². The minimum Gasteiger partial charge on any atom is -0.490 e. The molecular weight excluding hydrogens is 250 g/mol. The molecule has 1 aliphatic rings. The zero-order valence-corrected chi connectivity index (χ0v) is 11.4. The van der Waals surface area contributed by atoms with Crippen LogP contribution < -0.4 is 10.5 Å². The fourth-order valence-corrected chi connectivity index (χ4v) is 2.01. The lowest BCUT2D eigenvalue weighted by Gasteiger charge is -2.07. The van der Waals surface area contributed by atoms with Gasteiger partial charge in [0.1, 0.15) is 5.75 Å². The summed E-state index contributed by atoms with van der Waals surface area (Å²) < 4.78 is 5.67. The SMILES string of the molecule is Cc1ccc(C(=O)c2ccc(OC3CC3)cc2)cc1N. The third kappa shape index (κ3) is 2.67. The van der Waals surface area contributed by atoms with Crippen molar-refractivity contribution in [1.82, 2.24) is 0 Å². The highest BCUT2D eigenvalue weighted by Crippen LogP contribution is 2.27. The zero-order chi connectivity index (χ0) is 14.1. The molecule has 1 fully saturated rings. The van der Waals surface area contributed by atoms with Crippen molar-refractivity contribution in [3.05, 3.63) is 59.2 Å². The highest BCUT2D eigenvalue weighted by Gasteiger charge is 2.23. The van der Waals surface area contributed by atoms with Gasteiger partial charge >= 0.3 is 0 Å². The lowest BCUT2D eigenvalue weighted by Crippen LogP contribution is -2.03. The number of rotatable bonds is 4. The Hall–Kier alpha value is -2.29. The number of carbonyl (C=O) groups is 1. The van der Waals surface area contributed by atoms with E-state index in [1.165, 1.54) is 0 Å². The first-order valence-electron chi connectivity index (χ1n) is 6.81. The Balaban J connectivity index is 1.80. The number of hydrogen-bond acceptors (Lipinski definition) is 3. The highest BCUT2D eigenvalue weighted by molar-refractivity contribution is 6.09. The van der Waals surface area contributed by atoms with Crippen LogP contribution in [0.5, 0.6) is 5.75 Å². The summed E-state index contributed by atoms with van der Waals surface area (Å²) in [6.45, 7) is 1.92. The van der Waals surface area contributed by atoms with Gasteiger partial charge in [-0.25, -0.2) is 0 Å². The van der Waals surface area contributed by atoms with Crippen molar-refractivity contribution in [2.45, 2.75) is 25.9 Å². The number of anilines is 1. The highest BCUT2D eigenvalue weighted by atomic mass is 16.5. The Bertz CT molecular complexity index is 643. The molecule has 1 saturated carbocycles. The maximum Gasteiger partial charge on any atom is 0.193 e. The maximum atomic E-state index is 12.4. The predicted molar refractivity (Wildman–Crippen MR) is 79.1 cm³/mol. The fourth-order valence-electron chi connectivity index (χ4n) is 2.01. The summed E-state index contributed by atoms with van der Waals surface area (Å²) in [6.07, 6.45) is 2.63. The monoisotopic (exact) mass is 267 g/mol. The van der Waals surface area contributed by atoms with Gasteiger partial charge in [0.05, 0.1) is 6.10 Å². The van der Waals surface area contributed by atoms with Gasteiger partial charge in [-0.05, 0) is 55.7 Å². The second kappa shape index (κ2) is 5.00. The largest absolute Gasteiger partial charge is 0.490 e. The Morgan fingerprint density at radius 1 is 1.10 bits per heavy atom. The van der Waals surface area contributed by atoms with Crippen molar-refractivity contribution in [2.24, 2.45) is 0 Å². The van der Waals surface area contributed by atoms with E-state index in [0.29, 0.717) is 22.9 Å². The lowest BCUT2D eigenvalue weighted by molar-refractivity contribution is 0.103. The average Bonchev–Trinajstić information content (AvgIpc) is 3.26. The molecule has 102 valence electrons. The van der Waals surface area contributed by atoms with Gasteiger partial charge in [-0.2, -0.15) is 0 Å². The molecule has 0 radical (unpaired) electrons. The van der Waals surface area contributed by atoms with Crippen LogP contribution in [0.15, 0.2) is 42.5 Å². The number of ketones is 1. The van der Waals surface area contributed by atoms with Crippen molar-refractivity contribution in [3.63, 3.8) is 0 Å². The summed E-state index contributed by atoms with van der Waals surface area (Å²) in [5.74, 6) is 0.808. The van der Waals surface area contributed by atoms with Gasteiger partial charge in [0, 0.05) is 16.8 Å². The van der Waals surface area contributed by atoms with Crippen LogP contribution in [0.1, 0.15) is 34.3 Å². The third-order valence-electron chi connectivity index (χ3n) is 3.49. The molecule has 0 aliphatic heterocycles. The molecule has 0 spiro atoms. The summed E-state index contributed by atoms with van der Waals surface area (Å²) in [4.78, 5) is 12.4. The number of ether oxygens (including phenoxy) is 1. The van der Waals surface area contributed by atoms with E-state index in [9.17, 15) is 4.79 Å². The lowest BCUT2D eigenvalue weighted by atomic mass is 10.0. The molecule has 0 amide bonds. The Kier molecular flexibility index (Phi) is 3.18. The number of nitrogen functional groups attached to an aromatic ring is 1. The number of benzene rings is 2. The van der Waals surface area contributed by atoms with Gasteiger partial charge in [-0.1, -0.05) is 12.1 Å². The van der Waals surface area contributed by atoms with E-state index in [1.54, 1.807) is 18.2 Å². The normalized spacial score (nSPS) is 14.1. The van der Waals surface area contributed by atoms with Crippen LogP contribution in [0.3, 0.4) is 0 Å². The summed E-state index contributed by atoms with van der Waals surface area (Å²) in [5.41, 5.74) is 8.74. The van der Waals surface area contributed by atoms with Crippen LogP contribution in [0.2, 0.25) is 0 Å². The molecule has 20 heavy (non-hydrogen) atoms. The fraction of sp³-hybridized carbons (Fsp3) is 0.235. The smallest absolute Gasteiger partial charge is 0.193 e. The standard InChI is InChI=1S/C17H17NO2/c1-11-2-3-13(10-16(11)18)17(19)12-4-6-14(7-5-12)20-15-8-9-15/h2-7,10,15H,8-9,18H2,1H3. The van der Waals surface area contributed by atoms with E-state index in [1.807, 2.05) is 31.2 Å². The van der Waals surface area contributed by atoms with Gasteiger partial charge in [0.2, 0.25) is 0 Å². The predicted octanol–water partition coefficient (Wildman–Crippen LogP) is 3.35. The first-order valence-corrected chi connectivity index (χ1v) is 6.81. The molecule has 3 heteroatoms. The van der Waals surface area contributed by atoms with Gasteiger partial charge in [0.25, 0.3) is 0 Å². The molecule has 0 aromatic heterocycles. The molecule has 0 atom stereocenters. The molecule has 0 heterocycles. The molecule has 2 aromatic carbocycles. The molecule has 1 aliphatic carbocycles. The Morgan fingerprint density at radius 3 is 2.35 bits per heavy atom. The Labute approximate surface area is 118 Å². The first kappa shape index (κ1) is 12.7. The van der Waals surface area contributed by atoms with E-state index in [4.69, 9.17) is 10.5 Å². The van der Waals surface area contributed by atoms with Crippen LogP contribution >= 0.6 is 0 Å².